The predicted octanol–water partition coefficient (Wildman–Crippen LogP) is 4.42. The van der Waals surface area contributed by atoms with E-state index in [0.29, 0.717) is 22.0 Å². The molecule has 0 radical (unpaired) electrons. The van der Waals surface area contributed by atoms with Crippen molar-refractivity contribution in [3.8, 4) is 0 Å². The maximum absolute atomic E-state index is 12.5. The van der Waals surface area contributed by atoms with Crippen molar-refractivity contribution in [2.45, 2.75) is 12.8 Å². The van der Waals surface area contributed by atoms with E-state index in [1.807, 2.05) is 31.2 Å². The first-order valence-electron chi connectivity index (χ1n) is 8.30. The molecule has 3 aromatic rings. The number of aromatic amines is 1. The second kappa shape index (κ2) is 7.58. The fourth-order valence-corrected chi connectivity index (χ4v) is 3.76. The van der Waals surface area contributed by atoms with E-state index in [4.69, 9.17) is 11.6 Å². The molecule has 1 aromatic heterocycles. The number of hydrogen-bond donors (Lipinski definition) is 2. The zero-order valence-corrected chi connectivity index (χ0v) is 16.4. The lowest BCUT2D eigenvalue weighted by atomic mass is 9.98. The molecule has 0 bridgehead atoms. The number of H-pyrrole nitrogens is 1. The number of carbonyl (C=O) groups excluding carboxylic acids is 1. The van der Waals surface area contributed by atoms with Gasteiger partial charge in [-0.05, 0) is 29.8 Å². The minimum absolute atomic E-state index is 0.0761. The molecule has 1 unspecified atom stereocenters. The largest absolute Gasteiger partial charge is 0.355 e. The van der Waals surface area contributed by atoms with Crippen molar-refractivity contribution >= 4 is 33.1 Å². The monoisotopic (exact) mass is 402 g/mol. The van der Waals surface area contributed by atoms with E-state index >= 15 is 0 Å². The number of ketones is 1. The average molecular weight is 403 g/mol. The Kier molecular flexibility index (Phi) is 5.39. The van der Waals surface area contributed by atoms with Crippen LogP contribution in [0, 0.1) is 0 Å². The van der Waals surface area contributed by atoms with Crippen LogP contribution >= 0.6 is 11.6 Å². The molecule has 0 aliphatic carbocycles. The van der Waals surface area contributed by atoms with E-state index in [9.17, 15) is 13.2 Å². The molecule has 0 amide bonds. The van der Waals surface area contributed by atoms with Crippen LogP contribution in [-0.4, -0.2) is 25.4 Å². The summed E-state index contributed by atoms with van der Waals surface area (Å²) in [5.41, 5.74) is 3.21. The van der Waals surface area contributed by atoms with E-state index < -0.39 is 10.0 Å². The lowest BCUT2D eigenvalue weighted by Gasteiger charge is -2.14. The van der Waals surface area contributed by atoms with E-state index in [2.05, 4.69) is 9.71 Å². The van der Waals surface area contributed by atoms with Gasteiger partial charge >= 0.3 is 0 Å². The topological polar surface area (TPSA) is 79.0 Å². The molecule has 0 aliphatic rings. The number of rotatable bonds is 6. The minimum Gasteiger partial charge on any atom is -0.355 e. The summed E-state index contributed by atoms with van der Waals surface area (Å²) >= 11 is 6.35. The van der Waals surface area contributed by atoms with Crippen LogP contribution in [0.1, 0.15) is 40.2 Å². The third kappa shape index (κ3) is 4.59. The highest BCUT2D eigenvalue weighted by Gasteiger charge is 2.17. The maximum Gasteiger partial charge on any atom is 0.229 e. The van der Waals surface area contributed by atoms with Crippen LogP contribution in [0.15, 0.2) is 60.7 Å². The van der Waals surface area contributed by atoms with Crippen molar-refractivity contribution < 1.29 is 13.2 Å². The summed E-state index contributed by atoms with van der Waals surface area (Å²) in [7, 11) is -3.36. The molecule has 3 rings (SSSR count). The summed E-state index contributed by atoms with van der Waals surface area (Å²) in [5.74, 6) is -0.171. The molecular formula is C20H19ClN2O3S. The summed E-state index contributed by atoms with van der Waals surface area (Å²) in [6.45, 7) is 1.97. The molecule has 27 heavy (non-hydrogen) atoms. The van der Waals surface area contributed by atoms with Gasteiger partial charge < -0.3 is 4.98 Å². The SMILES string of the molecule is CC(c1ccc(C(=O)c2ccccc2)[nH]1)c1ccc(NS(C)(=O)=O)cc1Cl. The van der Waals surface area contributed by atoms with Crippen LogP contribution < -0.4 is 4.72 Å². The molecule has 2 aromatic carbocycles. The molecule has 2 N–H and O–H groups in total. The summed E-state index contributed by atoms with van der Waals surface area (Å²) < 4.78 is 25.1. The predicted molar refractivity (Wildman–Crippen MR) is 108 cm³/mol. The molecule has 7 heteroatoms. The zero-order chi connectivity index (χ0) is 19.6. The van der Waals surface area contributed by atoms with E-state index in [0.717, 1.165) is 17.5 Å². The lowest BCUT2D eigenvalue weighted by molar-refractivity contribution is 0.103. The number of nitrogens with one attached hydrogen (secondary N) is 2. The lowest BCUT2D eigenvalue weighted by Crippen LogP contribution is -2.09. The van der Waals surface area contributed by atoms with Crippen molar-refractivity contribution in [1.29, 1.82) is 0 Å². The van der Waals surface area contributed by atoms with Gasteiger partial charge in [-0.1, -0.05) is 54.9 Å². The van der Waals surface area contributed by atoms with Crippen molar-refractivity contribution in [2.24, 2.45) is 0 Å². The van der Waals surface area contributed by atoms with Gasteiger partial charge in [-0.3, -0.25) is 9.52 Å². The first-order valence-corrected chi connectivity index (χ1v) is 10.6. The second-order valence-electron chi connectivity index (χ2n) is 6.35. The molecule has 140 valence electrons. The zero-order valence-electron chi connectivity index (χ0n) is 14.9. The van der Waals surface area contributed by atoms with Gasteiger partial charge in [0.1, 0.15) is 0 Å². The fourth-order valence-electron chi connectivity index (χ4n) is 2.87. The molecule has 5 nitrogen and oxygen atoms in total. The molecular weight excluding hydrogens is 384 g/mol. The number of halogens is 1. The summed E-state index contributed by atoms with van der Waals surface area (Å²) in [5, 5.41) is 0.446. The molecule has 0 saturated heterocycles. The van der Waals surface area contributed by atoms with Crippen molar-refractivity contribution in [1.82, 2.24) is 4.98 Å². The highest BCUT2D eigenvalue weighted by molar-refractivity contribution is 7.92. The Morgan fingerprint density at radius 2 is 1.78 bits per heavy atom. The molecule has 0 aliphatic heterocycles. The van der Waals surface area contributed by atoms with Crippen LogP contribution in [-0.2, 0) is 10.0 Å². The fraction of sp³-hybridized carbons (Fsp3) is 0.150. The van der Waals surface area contributed by atoms with Gasteiger partial charge in [-0.15, -0.1) is 0 Å². The van der Waals surface area contributed by atoms with Crippen molar-refractivity contribution in [2.75, 3.05) is 11.0 Å². The van der Waals surface area contributed by atoms with Gasteiger partial charge in [0.2, 0.25) is 15.8 Å². The minimum atomic E-state index is -3.36. The number of hydrogen-bond acceptors (Lipinski definition) is 3. The normalized spacial score (nSPS) is 12.6. The standard InChI is InChI=1S/C20H19ClN2O3S/c1-13(16-9-8-15(12-17(16)21)23-27(2,25)26)18-10-11-19(22-18)20(24)14-6-4-3-5-7-14/h3-13,22-23H,1-2H3. The Morgan fingerprint density at radius 3 is 2.41 bits per heavy atom. The van der Waals surface area contributed by atoms with Gasteiger partial charge in [0.05, 0.1) is 11.9 Å². The van der Waals surface area contributed by atoms with E-state index in [-0.39, 0.29) is 11.7 Å². The Balaban J connectivity index is 1.84. The van der Waals surface area contributed by atoms with Crippen LogP contribution in [0.2, 0.25) is 5.02 Å². The number of anilines is 1. The summed E-state index contributed by atoms with van der Waals surface area (Å²) in [6.07, 6.45) is 1.08. The summed E-state index contributed by atoms with van der Waals surface area (Å²) in [4.78, 5) is 15.7. The third-order valence-electron chi connectivity index (χ3n) is 4.23. The second-order valence-corrected chi connectivity index (χ2v) is 8.51. The van der Waals surface area contributed by atoms with Gasteiger partial charge in [-0.2, -0.15) is 0 Å². The number of sulfonamides is 1. The van der Waals surface area contributed by atoms with Gasteiger partial charge in [0.25, 0.3) is 0 Å². The Morgan fingerprint density at radius 1 is 1.07 bits per heavy atom. The smallest absolute Gasteiger partial charge is 0.229 e. The summed E-state index contributed by atoms with van der Waals surface area (Å²) in [6, 6.07) is 17.7. The van der Waals surface area contributed by atoms with E-state index in [1.54, 1.807) is 36.4 Å². The van der Waals surface area contributed by atoms with Crippen molar-refractivity contribution in [3.63, 3.8) is 0 Å². The molecule has 1 atom stereocenters. The highest BCUT2D eigenvalue weighted by Crippen LogP contribution is 2.32. The average Bonchev–Trinajstić information content (AvgIpc) is 3.10. The molecule has 0 spiro atoms. The van der Waals surface area contributed by atoms with Gasteiger partial charge in [0, 0.05) is 27.9 Å². The molecule has 0 fully saturated rings. The Hall–Kier alpha value is -2.57. The van der Waals surface area contributed by atoms with Crippen LogP contribution in [0.3, 0.4) is 0 Å². The molecule has 1 heterocycles. The molecule has 0 saturated carbocycles. The van der Waals surface area contributed by atoms with Gasteiger partial charge in [0.15, 0.2) is 0 Å². The number of aromatic nitrogens is 1. The van der Waals surface area contributed by atoms with Crippen LogP contribution in [0.25, 0.3) is 0 Å². The Bertz CT molecular complexity index is 1080. The highest BCUT2D eigenvalue weighted by atomic mass is 35.5. The third-order valence-corrected chi connectivity index (χ3v) is 5.16. The first-order chi connectivity index (χ1) is 12.7. The Labute approximate surface area is 163 Å². The number of carbonyl (C=O) groups is 1. The van der Waals surface area contributed by atoms with Crippen LogP contribution in [0.5, 0.6) is 0 Å². The van der Waals surface area contributed by atoms with Gasteiger partial charge in [-0.25, -0.2) is 8.42 Å². The quantitative estimate of drug-likeness (QED) is 0.599. The van der Waals surface area contributed by atoms with Crippen LogP contribution in [0.4, 0.5) is 5.69 Å². The first kappa shape index (κ1) is 19.2. The number of benzene rings is 2. The maximum atomic E-state index is 12.5. The van der Waals surface area contributed by atoms with E-state index in [1.165, 1.54) is 0 Å². The van der Waals surface area contributed by atoms with Crippen molar-refractivity contribution in [3.05, 3.63) is 88.2 Å².